The van der Waals surface area contributed by atoms with Crippen molar-refractivity contribution in [2.24, 2.45) is 0 Å². The molecule has 0 aromatic carbocycles. The van der Waals surface area contributed by atoms with Gasteiger partial charge in [-0.25, -0.2) is 0 Å². The van der Waals surface area contributed by atoms with Crippen LogP contribution in [0.4, 0.5) is 0 Å². The number of rotatable bonds is 0. The van der Waals surface area contributed by atoms with Crippen LogP contribution in [0.25, 0.3) is 0 Å². The summed E-state index contributed by atoms with van der Waals surface area (Å²) in [6.45, 7) is 0.653. The molecule has 0 aromatic heterocycles. The SMILES string of the molecule is [Se]=[N+]1C=COC1. The molecule has 0 spiro atoms. The zero-order valence-corrected chi connectivity index (χ0v) is 4.84. The average molecular weight is 149 g/mol. The summed E-state index contributed by atoms with van der Waals surface area (Å²) < 4.78 is 6.60. The van der Waals surface area contributed by atoms with Crippen LogP contribution in [0.3, 0.4) is 0 Å². The zero-order valence-electron chi connectivity index (χ0n) is 3.13. The molecule has 0 saturated heterocycles. The summed E-state index contributed by atoms with van der Waals surface area (Å²) in [5.74, 6) is 0. The third-order valence-electron chi connectivity index (χ3n) is 0.525. The van der Waals surface area contributed by atoms with Gasteiger partial charge in [0.25, 0.3) is 0 Å². The monoisotopic (exact) mass is 150 g/mol. The molecule has 0 N–H and O–H groups in total. The number of hydrogen-bond donors (Lipinski definition) is 0. The van der Waals surface area contributed by atoms with Crippen LogP contribution >= 0.6 is 0 Å². The number of nitrogens with zero attached hydrogens (tertiary/aromatic N) is 1. The number of ether oxygens (including phenoxy) is 1. The van der Waals surface area contributed by atoms with Gasteiger partial charge in [0.05, 0.1) is 0 Å². The first-order chi connectivity index (χ1) is 2.89. The second-order valence-corrected chi connectivity index (χ2v) is 1.98. The van der Waals surface area contributed by atoms with Gasteiger partial charge < -0.3 is 0 Å². The van der Waals surface area contributed by atoms with Crippen LogP contribution < -0.4 is 0 Å². The van der Waals surface area contributed by atoms with Gasteiger partial charge in [0.1, 0.15) is 0 Å². The minimum absolute atomic E-state index is 0.653. The van der Waals surface area contributed by atoms with E-state index in [0.717, 1.165) is 0 Å². The van der Waals surface area contributed by atoms with Crippen molar-refractivity contribution in [1.82, 2.24) is 0 Å². The van der Waals surface area contributed by atoms with Gasteiger partial charge >= 0.3 is 43.3 Å². The molecule has 1 heterocycles. The van der Waals surface area contributed by atoms with E-state index in [0.29, 0.717) is 6.73 Å². The molecular weight excluding hydrogens is 145 g/mol. The van der Waals surface area contributed by atoms with Gasteiger partial charge in [-0.3, -0.25) is 0 Å². The van der Waals surface area contributed by atoms with E-state index in [1.165, 1.54) is 0 Å². The second-order valence-electron chi connectivity index (χ2n) is 0.998. The van der Waals surface area contributed by atoms with E-state index in [9.17, 15) is 0 Å². The van der Waals surface area contributed by atoms with Crippen molar-refractivity contribution in [3.63, 3.8) is 0 Å². The van der Waals surface area contributed by atoms with E-state index in [1.807, 2.05) is 9.75 Å². The Morgan fingerprint density at radius 1 is 1.83 bits per heavy atom. The van der Waals surface area contributed by atoms with Gasteiger partial charge in [0, 0.05) is 0 Å². The molecule has 0 unspecified atom stereocenters. The Morgan fingerprint density at radius 2 is 2.67 bits per heavy atom. The van der Waals surface area contributed by atoms with Crippen molar-refractivity contribution in [3.8, 4) is 0 Å². The average Bonchev–Trinajstić information content (AvgIpc) is 1.86. The molecule has 0 bridgehead atoms. The molecular formula is C3H4NOSe+. The number of hydrogen-bond acceptors (Lipinski definition) is 1. The van der Waals surface area contributed by atoms with E-state index in [2.05, 4.69) is 15.8 Å². The topological polar surface area (TPSA) is 12.2 Å². The third-order valence-corrected chi connectivity index (χ3v) is 1.00. The molecule has 0 saturated carbocycles. The molecule has 32 valence electrons. The first kappa shape index (κ1) is 4.03. The van der Waals surface area contributed by atoms with E-state index >= 15 is 0 Å². The fraction of sp³-hybridized carbons (Fsp3) is 0.333. The van der Waals surface area contributed by atoms with Gasteiger partial charge in [-0.15, -0.1) is 0 Å². The van der Waals surface area contributed by atoms with Crippen LogP contribution in [-0.2, 0) is 4.74 Å². The molecule has 0 atom stereocenters. The van der Waals surface area contributed by atoms with Crippen molar-refractivity contribution < 1.29 is 8.28 Å². The first-order valence-electron chi connectivity index (χ1n) is 1.61. The summed E-state index contributed by atoms with van der Waals surface area (Å²) in [6, 6.07) is 0. The normalized spacial score (nSPS) is 18.3. The van der Waals surface area contributed by atoms with Gasteiger partial charge in [0.2, 0.25) is 0 Å². The van der Waals surface area contributed by atoms with Crippen molar-refractivity contribution in [1.29, 1.82) is 0 Å². The molecule has 3 heteroatoms. The van der Waals surface area contributed by atoms with Crippen molar-refractivity contribution in [3.05, 3.63) is 12.5 Å². The summed E-state index contributed by atoms with van der Waals surface area (Å²) in [4.78, 5) is 0. The molecule has 1 aliphatic rings. The Balaban J connectivity index is 2.59. The van der Waals surface area contributed by atoms with Crippen molar-refractivity contribution >= 4 is 15.8 Å². The van der Waals surface area contributed by atoms with E-state index in [4.69, 9.17) is 4.74 Å². The standard InChI is InChI=1S/C3H4NOSe/c6-4-1-2-5-3-4/h1-2H,3H2/q+1. The molecule has 1 aliphatic heterocycles. The van der Waals surface area contributed by atoms with Crippen LogP contribution in [0.5, 0.6) is 0 Å². The Bertz CT molecular complexity index is 99.0. The van der Waals surface area contributed by atoms with Crippen molar-refractivity contribution in [2.75, 3.05) is 6.73 Å². The third kappa shape index (κ3) is 0.671. The van der Waals surface area contributed by atoms with Crippen LogP contribution in [0.15, 0.2) is 12.5 Å². The van der Waals surface area contributed by atoms with Gasteiger partial charge in [0.15, 0.2) is 0 Å². The molecule has 0 radical (unpaired) electrons. The summed E-state index contributed by atoms with van der Waals surface area (Å²) in [7, 11) is 0. The fourth-order valence-electron chi connectivity index (χ4n) is 0.270. The summed E-state index contributed by atoms with van der Waals surface area (Å²) in [5, 5.41) is 0. The Labute approximate surface area is 44.0 Å². The molecule has 6 heavy (non-hydrogen) atoms. The zero-order chi connectivity index (χ0) is 4.41. The predicted molar refractivity (Wildman–Crippen MR) is 21.1 cm³/mol. The predicted octanol–water partition coefficient (Wildman–Crippen LogP) is -0.190. The minimum atomic E-state index is 0.653. The summed E-state index contributed by atoms with van der Waals surface area (Å²) in [5.41, 5.74) is 0. The fourth-order valence-corrected chi connectivity index (χ4v) is 0.502. The Morgan fingerprint density at radius 3 is 2.83 bits per heavy atom. The Kier molecular flexibility index (Phi) is 1.03. The maximum atomic E-state index is 4.77. The first-order valence-corrected chi connectivity index (χ1v) is 2.38. The van der Waals surface area contributed by atoms with Gasteiger partial charge in [-0.05, 0) is 0 Å². The quantitative estimate of drug-likeness (QED) is 0.435. The Hall–Kier alpha value is -0.141. The van der Waals surface area contributed by atoms with Crippen molar-refractivity contribution in [2.45, 2.75) is 0 Å². The second kappa shape index (κ2) is 1.54. The van der Waals surface area contributed by atoms with Gasteiger partial charge in [-0.1, -0.05) is 0 Å². The summed E-state index contributed by atoms with van der Waals surface area (Å²) in [6.07, 6.45) is 3.48. The van der Waals surface area contributed by atoms with E-state index < -0.39 is 0 Å². The molecule has 2 nitrogen and oxygen atoms in total. The van der Waals surface area contributed by atoms with E-state index in [-0.39, 0.29) is 0 Å². The molecule has 0 fully saturated rings. The van der Waals surface area contributed by atoms with Crippen LogP contribution in [0, 0.1) is 0 Å². The van der Waals surface area contributed by atoms with Crippen LogP contribution in [-0.4, -0.2) is 26.1 Å². The summed E-state index contributed by atoms with van der Waals surface area (Å²) >= 11 is 2.76. The molecule has 0 amide bonds. The molecule has 1 rings (SSSR count). The maximum absolute atomic E-state index is 4.77. The van der Waals surface area contributed by atoms with Gasteiger partial charge in [-0.2, -0.15) is 0 Å². The molecule has 0 aromatic rings. The van der Waals surface area contributed by atoms with Crippen LogP contribution in [0.1, 0.15) is 0 Å². The molecule has 0 aliphatic carbocycles. The van der Waals surface area contributed by atoms with E-state index in [1.54, 1.807) is 6.26 Å². The van der Waals surface area contributed by atoms with Crippen LogP contribution in [0.2, 0.25) is 0 Å².